The highest BCUT2D eigenvalue weighted by atomic mass is 32.2. The van der Waals surface area contributed by atoms with Gasteiger partial charge in [0, 0.05) is 0 Å². The monoisotopic (exact) mass is 276 g/mol. The Morgan fingerprint density at radius 1 is 1.42 bits per heavy atom. The van der Waals surface area contributed by atoms with Crippen molar-refractivity contribution in [3.63, 3.8) is 0 Å². The number of benzene rings is 1. The van der Waals surface area contributed by atoms with Crippen molar-refractivity contribution in [2.75, 3.05) is 16.8 Å². The van der Waals surface area contributed by atoms with E-state index >= 15 is 0 Å². The SMILES string of the molecule is Cc1ccc(NC(=O)CSCc2ccco2)c(N)c1. The molecule has 0 aliphatic carbocycles. The van der Waals surface area contributed by atoms with E-state index in [4.69, 9.17) is 10.2 Å². The van der Waals surface area contributed by atoms with Crippen molar-refractivity contribution < 1.29 is 9.21 Å². The number of nitrogens with two attached hydrogens (primary N) is 1. The van der Waals surface area contributed by atoms with Gasteiger partial charge in [0.15, 0.2) is 0 Å². The number of carbonyl (C=O) groups is 1. The predicted octanol–water partition coefficient (Wildman–Crippen LogP) is 3.04. The fraction of sp³-hybridized carbons (Fsp3) is 0.214. The van der Waals surface area contributed by atoms with Gasteiger partial charge < -0.3 is 15.5 Å². The molecule has 2 rings (SSSR count). The summed E-state index contributed by atoms with van der Waals surface area (Å²) in [4.78, 5) is 11.8. The zero-order valence-corrected chi connectivity index (χ0v) is 11.5. The highest BCUT2D eigenvalue weighted by Gasteiger charge is 2.06. The van der Waals surface area contributed by atoms with Crippen LogP contribution in [0.1, 0.15) is 11.3 Å². The number of rotatable bonds is 5. The average molecular weight is 276 g/mol. The van der Waals surface area contributed by atoms with Crippen LogP contribution in [0.15, 0.2) is 41.0 Å². The van der Waals surface area contributed by atoms with Crippen LogP contribution in [0.2, 0.25) is 0 Å². The zero-order valence-electron chi connectivity index (χ0n) is 10.7. The quantitative estimate of drug-likeness (QED) is 0.824. The van der Waals surface area contributed by atoms with Gasteiger partial charge in [0.25, 0.3) is 0 Å². The molecule has 2 aromatic rings. The third-order valence-electron chi connectivity index (χ3n) is 2.54. The number of hydrogen-bond acceptors (Lipinski definition) is 4. The Bertz CT molecular complexity index is 553. The topological polar surface area (TPSA) is 68.3 Å². The summed E-state index contributed by atoms with van der Waals surface area (Å²) in [6, 6.07) is 9.30. The van der Waals surface area contributed by atoms with Gasteiger partial charge in [0.1, 0.15) is 5.76 Å². The van der Waals surface area contributed by atoms with Crippen molar-refractivity contribution in [2.24, 2.45) is 0 Å². The van der Waals surface area contributed by atoms with Gasteiger partial charge in [-0.3, -0.25) is 4.79 Å². The molecule has 0 fully saturated rings. The molecule has 1 amide bonds. The average Bonchev–Trinajstić information content (AvgIpc) is 2.86. The van der Waals surface area contributed by atoms with Crippen LogP contribution < -0.4 is 11.1 Å². The van der Waals surface area contributed by atoms with E-state index in [1.165, 1.54) is 11.8 Å². The van der Waals surface area contributed by atoms with Crippen molar-refractivity contribution in [3.05, 3.63) is 47.9 Å². The summed E-state index contributed by atoms with van der Waals surface area (Å²) in [6.07, 6.45) is 1.63. The van der Waals surface area contributed by atoms with E-state index in [0.717, 1.165) is 11.3 Å². The Morgan fingerprint density at radius 3 is 2.95 bits per heavy atom. The van der Waals surface area contributed by atoms with E-state index in [1.54, 1.807) is 6.26 Å². The Morgan fingerprint density at radius 2 is 2.26 bits per heavy atom. The zero-order chi connectivity index (χ0) is 13.7. The van der Waals surface area contributed by atoms with Gasteiger partial charge in [-0.05, 0) is 36.8 Å². The second kappa shape index (κ2) is 6.33. The van der Waals surface area contributed by atoms with Crippen molar-refractivity contribution in [2.45, 2.75) is 12.7 Å². The van der Waals surface area contributed by atoms with Crippen LogP contribution in [-0.2, 0) is 10.5 Å². The van der Waals surface area contributed by atoms with E-state index in [0.29, 0.717) is 22.9 Å². The second-order valence-corrected chi connectivity index (χ2v) is 5.20. The Kier molecular flexibility index (Phi) is 4.52. The number of amides is 1. The summed E-state index contributed by atoms with van der Waals surface area (Å²) >= 11 is 1.50. The molecular formula is C14H16N2O2S. The largest absolute Gasteiger partial charge is 0.468 e. The van der Waals surface area contributed by atoms with Crippen LogP contribution >= 0.6 is 11.8 Å². The maximum absolute atomic E-state index is 11.8. The summed E-state index contributed by atoms with van der Waals surface area (Å²) in [5.41, 5.74) is 8.16. The lowest BCUT2D eigenvalue weighted by Crippen LogP contribution is -2.15. The fourth-order valence-electron chi connectivity index (χ4n) is 1.62. The number of nitrogens with one attached hydrogen (secondary N) is 1. The predicted molar refractivity (Wildman–Crippen MR) is 79.1 cm³/mol. The lowest BCUT2D eigenvalue weighted by molar-refractivity contribution is -0.113. The molecule has 0 spiro atoms. The summed E-state index contributed by atoms with van der Waals surface area (Å²) in [7, 11) is 0. The van der Waals surface area contributed by atoms with Crippen LogP contribution in [0.4, 0.5) is 11.4 Å². The van der Waals surface area contributed by atoms with E-state index in [1.807, 2.05) is 37.3 Å². The molecule has 0 aliphatic rings. The molecule has 100 valence electrons. The minimum atomic E-state index is -0.0629. The number of thioether (sulfide) groups is 1. The van der Waals surface area contributed by atoms with Crippen molar-refractivity contribution in [3.8, 4) is 0 Å². The van der Waals surface area contributed by atoms with Crippen LogP contribution in [0, 0.1) is 6.92 Å². The van der Waals surface area contributed by atoms with Crippen LogP contribution in [-0.4, -0.2) is 11.7 Å². The van der Waals surface area contributed by atoms with Crippen molar-refractivity contribution in [1.29, 1.82) is 0 Å². The van der Waals surface area contributed by atoms with Crippen molar-refractivity contribution in [1.82, 2.24) is 0 Å². The second-order valence-electron chi connectivity index (χ2n) is 4.21. The molecule has 0 aliphatic heterocycles. The molecule has 3 N–H and O–H groups in total. The lowest BCUT2D eigenvalue weighted by Gasteiger charge is -2.08. The van der Waals surface area contributed by atoms with E-state index in [9.17, 15) is 4.79 Å². The molecule has 0 unspecified atom stereocenters. The van der Waals surface area contributed by atoms with Gasteiger partial charge in [-0.25, -0.2) is 0 Å². The standard InChI is InChI=1S/C14H16N2O2S/c1-10-4-5-13(12(15)7-10)16-14(17)9-19-8-11-3-2-6-18-11/h2-7H,8-9,15H2,1H3,(H,16,17). The molecule has 0 saturated carbocycles. The van der Waals surface area contributed by atoms with Gasteiger partial charge in [0.2, 0.25) is 5.91 Å². The normalized spacial score (nSPS) is 10.4. The first-order chi connectivity index (χ1) is 9.15. The molecule has 4 nitrogen and oxygen atoms in total. The van der Waals surface area contributed by atoms with Gasteiger partial charge >= 0.3 is 0 Å². The van der Waals surface area contributed by atoms with Crippen LogP contribution in [0.5, 0.6) is 0 Å². The molecule has 5 heteroatoms. The van der Waals surface area contributed by atoms with Crippen LogP contribution in [0.3, 0.4) is 0 Å². The minimum absolute atomic E-state index is 0.0629. The number of carbonyl (C=O) groups excluding carboxylic acids is 1. The van der Waals surface area contributed by atoms with Crippen molar-refractivity contribution >= 4 is 29.0 Å². The fourth-order valence-corrected chi connectivity index (χ4v) is 2.35. The Labute approximate surface area is 116 Å². The third kappa shape index (κ3) is 4.06. The number of nitrogen functional groups attached to an aromatic ring is 1. The molecule has 0 saturated heterocycles. The van der Waals surface area contributed by atoms with Gasteiger partial charge in [-0.2, -0.15) is 0 Å². The highest BCUT2D eigenvalue weighted by molar-refractivity contribution is 7.99. The molecule has 0 radical (unpaired) electrons. The lowest BCUT2D eigenvalue weighted by atomic mass is 10.2. The van der Waals surface area contributed by atoms with E-state index < -0.39 is 0 Å². The first kappa shape index (κ1) is 13.5. The summed E-state index contributed by atoms with van der Waals surface area (Å²) in [5.74, 6) is 1.86. The molecule has 0 atom stereocenters. The highest BCUT2D eigenvalue weighted by Crippen LogP contribution is 2.20. The van der Waals surface area contributed by atoms with E-state index in [2.05, 4.69) is 5.32 Å². The summed E-state index contributed by atoms with van der Waals surface area (Å²) in [6.45, 7) is 1.96. The first-order valence-corrected chi connectivity index (χ1v) is 7.07. The maximum Gasteiger partial charge on any atom is 0.234 e. The minimum Gasteiger partial charge on any atom is -0.468 e. The number of aryl methyl sites for hydroxylation is 1. The summed E-state index contributed by atoms with van der Waals surface area (Å²) in [5, 5.41) is 2.80. The summed E-state index contributed by atoms with van der Waals surface area (Å²) < 4.78 is 5.19. The molecular weight excluding hydrogens is 260 g/mol. The molecule has 19 heavy (non-hydrogen) atoms. The maximum atomic E-state index is 11.8. The van der Waals surface area contributed by atoms with Gasteiger partial charge in [0.05, 0.1) is 29.1 Å². The Balaban J connectivity index is 1.80. The number of hydrogen-bond donors (Lipinski definition) is 2. The Hall–Kier alpha value is -1.88. The van der Waals surface area contributed by atoms with Gasteiger partial charge in [-0.15, -0.1) is 11.8 Å². The number of anilines is 2. The first-order valence-electron chi connectivity index (χ1n) is 5.91. The molecule has 1 aromatic heterocycles. The van der Waals surface area contributed by atoms with Crippen LogP contribution in [0.25, 0.3) is 0 Å². The third-order valence-corrected chi connectivity index (χ3v) is 3.49. The van der Waals surface area contributed by atoms with E-state index in [-0.39, 0.29) is 5.91 Å². The number of furan rings is 1. The van der Waals surface area contributed by atoms with Gasteiger partial charge in [-0.1, -0.05) is 6.07 Å². The molecule has 0 bridgehead atoms. The molecule has 1 aromatic carbocycles. The molecule has 1 heterocycles. The smallest absolute Gasteiger partial charge is 0.234 e.